The van der Waals surface area contributed by atoms with Crippen molar-refractivity contribution in [3.8, 4) is 11.5 Å². The number of ketones is 2. The summed E-state index contributed by atoms with van der Waals surface area (Å²) in [7, 11) is 0. The molecule has 1 aromatic heterocycles. The van der Waals surface area contributed by atoms with Gasteiger partial charge in [-0.1, -0.05) is 78.4 Å². The van der Waals surface area contributed by atoms with Crippen LogP contribution in [0, 0.1) is 23.7 Å². The lowest BCUT2D eigenvalue weighted by Crippen LogP contribution is -2.58. The Morgan fingerprint density at radius 3 is 2.29 bits per heavy atom. The Bertz CT molecular complexity index is 2130. The van der Waals surface area contributed by atoms with Gasteiger partial charge in [0.15, 0.2) is 11.6 Å². The van der Waals surface area contributed by atoms with Gasteiger partial charge in [0.2, 0.25) is 11.8 Å². The van der Waals surface area contributed by atoms with Gasteiger partial charge in [0.05, 0.1) is 23.8 Å². The number of rotatable bonds is 6. The molecule has 1 saturated carbocycles. The molecular weight excluding hydrogens is 680 g/mol. The monoisotopic (exact) mass is 709 g/mol. The van der Waals surface area contributed by atoms with E-state index in [1.165, 1.54) is 22.3 Å². The topological polar surface area (TPSA) is 101 Å². The van der Waals surface area contributed by atoms with Gasteiger partial charge in [0.1, 0.15) is 11.5 Å². The number of allylic oxidation sites excluding steroid dienone is 4. The number of carbonyl (C=O) groups is 4. The zero-order valence-electron chi connectivity index (χ0n) is 26.9. The van der Waals surface area contributed by atoms with E-state index in [-0.39, 0.29) is 42.2 Å². The van der Waals surface area contributed by atoms with Crippen LogP contribution in [0.1, 0.15) is 40.3 Å². The maximum atomic E-state index is 15.1. The van der Waals surface area contributed by atoms with Crippen LogP contribution in [0.5, 0.6) is 11.5 Å². The van der Waals surface area contributed by atoms with E-state index in [0.717, 1.165) is 23.1 Å². The van der Waals surface area contributed by atoms with Crippen molar-refractivity contribution in [3.05, 3.63) is 136 Å². The van der Waals surface area contributed by atoms with Gasteiger partial charge in [-0.2, -0.15) is 0 Å². The number of carbonyl (C=O) groups excluding carboxylic acids is 4. The molecule has 51 heavy (non-hydrogen) atoms. The number of fused-ring (bicyclic) bond motifs is 4. The summed E-state index contributed by atoms with van der Waals surface area (Å²) in [6.07, 6.45) is -1.78. The molecule has 4 aromatic rings. The van der Waals surface area contributed by atoms with E-state index in [4.69, 9.17) is 0 Å². The molecule has 0 bridgehead atoms. The van der Waals surface area contributed by atoms with Gasteiger partial charge in [-0.3, -0.25) is 24.1 Å². The lowest BCUT2D eigenvalue weighted by molar-refractivity contribution is -0.274. The summed E-state index contributed by atoms with van der Waals surface area (Å²) in [5.74, 6) is -7.21. The highest BCUT2D eigenvalue weighted by atomic mass is 32.1. The van der Waals surface area contributed by atoms with Crippen molar-refractivity contribution in [2.24, 2.45) is 23.7 Å². The number of thiophene rings is 1. The number of hydrogen-bond acceptors (Lipinski definition) is 7. The minimum Gasteiger partial charge on any atom is -0.508 e. The van der Waals surface area contributed by atoms with E-state index >= 15 is 4.79 Å². The molecule has 0 unspecified atom stereocenters. The molecule has 8 rings (SSSR count). The Morgan fingerprint density at radius 2 is 1.61 bits per heavy atom. The molecule has 7 nitrogen and oxygen atoms in total. The van der Waals surface area contributed by atoms with Crippen molar-refractivity contribution in [1.82, 2.24) is 4.90 Å². The molecule has 1 saturated heterocycles. The van der Waals surface area contributed by atoms with Gasteiger partial charge in [-0.15, -0.1) is 24.5 Å². The van der Waals surface area contributed by atoms with Crippen LogP contribution in [0.25, 0.3) is 5.57 Å². The van der Waals surface area contributed by atoms with Crippen molar-refractivity contribution in [2.45, 2.75) is 37.1 Å². The van der Waals surface area contributed by atoms with Crippen molar-refractivity contribution >= 4 is 40.3 Å². The van der Waals surface area contributed by atoms with Gasteiger partial charge in [-0.05, 0) is 65.6 Å². The predicted octanol–water partition coefficient (Wildman–Crippen LogP) is 7.38. The second-order valence-corrected chi connectivity index (χ2v) is 14.4. The summed E-state index contributed by atoms with van der Waals surface area (Å²) in [5, 5.41) is 13.3. The van der Waals surface area contributed by atoms with E-state index in [2.05, 4.69) is 4.74 Å². The predicted molar refractivity (Wildman–Crippen MR) is 181 cm³/mol. The summed E-state index contributed by atoms with van der Waals surface area (Å²) in [6.45, 7) is 0.0983. The number of nitrogens with zero attached hydrogens (tertiary/aromatic N) is 1. The fourth-order valence-electron chi connectivity index (χ4n) is 8.96. The van der Waals surface area contributed by atoms with Crippen LogP contribution < -0.4 is 4.74 Å². The molecule has 258 valence electrons. The van der Waals surface area contributed by atoms with Gasteiger partial charge in [-0.25, -0.2) is 0 Å². The van der Waals surface area contributed by atoms with Crippen LogP contribution in [0.2, 0.25) is 0 Å². The van der Waals surface area contributed by atoms with E-state index in [0.29, 0.717) is 16.7 Å². The number of benzene rings is 3. The molecule has 1 aliphatic heterocycles. The van der Waals surface area contributed by atoms with Gasteiger partial charge >= 0.3 is 6.36 Å². The number of phenols is 1. The molecule has 3 aromatic carbocycles. The number of alkyl halides is 3. The van der Waals surface area contributed by atoms with Crippen molar-refractivity contribution < 1.29 is 42.2 Å². The fraction of sp³-hybridized carbons (Fsp3) is 0.250. The third-order valence-electron chi connectivity index (χ3n) is 10.9. The van der Waals surface area contributed by atoms with Crippen LogP contribution in [0.4, 0.5) is 13.2 Å². The van der Waals surface area contributed by atoms with E-state index in [9.17, 15) is 32.7 Å². The normalized spacial score (nSPS) is 27.4. The third-order valence-corrected chi connectivity index (χ3v) is 11.8. The largest absolute Gasteiger partial charge is 0.573 e. The average Bonchev–Trinajstić information content (AvgIpc) is 3.72. The maximum Gasteiger partial charge on any atom is 0.573 e. The molecule has 2 heterocycles. The van der Waals surface area contributed by atoms with E-state index in [1.54, 1.807) is 66.7 Å². The molecule has 1 N–H and O–H groups in total. The second kappa shape index (κ2) is 12.2. The lowest BCUT2D eigenvalue weighted by Gasteiger charge is -2.55. The fourth-order valence-corrected chi connectivity index (χ4v) is 9.65. The molecular formula is C40H30F3NO6S. The van der Waals surface area contributed by atoms with Gasteiger partial charge in [0, 0.05) is 27.8 Å². The SMILES string of the molecule is O=C1C(c2ccccc2)=CC(=O)[C@@]2(c3ccccc3)[C@@H](c3cc(OC(F)(F)F)ccc3O)C3=CC[C@@H]4C(=O)N(Cc5cccs5)C(=O)[C@@H]4[C@@H]3C[C@@H]12. The standard InChI is InChI=1S/C40H30F3NO6S/c41-40(42,43)50-24-13-16-32(45)30(18-24)35-26-14-15-27-34(38(49)44(37(27)48)21-25-12-7-17-51-25)29(26)19-31-36(47)28(22-8-3-1-4-9-22)20-33(46)39(31,35)23-10-5-2-6-11-23/h1-14,16-18,20,27,29,31,34-35,45H,15,19,21H2/t27-,29+,31-,34-,35+,39-/m0/s1. The van der Waals surface area contributed by atoms with Crippen LogP contribution >= 0.6 is 11.3 Å². The Kier molecular flexibility index (Phi) is 7.86. The number of halogens is 3. The van der Waals surface area contributed by atoms with Gasteiger partial charge in [0.25, 0.3) is 0 Å². The first-order chi connectivity index (χ1) is 24.5. The highest BCUT2D eigenvalue weighted by Gasteiger charge is 2.66. The molecule has 0 spiro atoms. The summed E-state index contributed by atoms with van der Waals surface area (Å²) < 4.78 is 44.9. The molecule has 2 amide bonds. The van der Waals surface area contributed by atoms with Crippen molar-refractivity contribution in [3.63, 3.8) is 0 Å². The smallest absolute Gasteiger partial charge is 0.508 e. The summed E-state index contributed by atoms with van der Waals surface area (Å²) >= 11 is 1.42. The number of phenolic OH excluding ortho intramolecular Hbond substituents is 1. The van der Waals surface area contributed by atoms with Gasteiger partial charge < -0.3 is 9.84 Å². The first-order valence-electron chi connectivity index (χ1n) is 16.6. The van der Waals surface area contributed by atoms with Crippen molar-refractivity contribution in [1.29, 1.82) is 0 Å². The zero-order chi connectivity index (χ0) is 35.7. The number of Topliss-reactive ketones (excluding diaryl/α,β-unsaturated/α-hetero) is 1. The summed E-state index contributed by atoms with van der Waals surface area (Å²) in [5.41, 5.74) is -0.102. The first-order valence-corrected chi connectivity index (χ1v) is 17.4. The Hall–Kier alpha value is -5.29. The highest BCUT2D eigenvalue weighted by Crippen LogP contribution is 2.64. The molecule has 0 radical (unpaired) electrons. The van der Waals surface area contributed by atoms with Crippen molar-refractivity contribution in [2.75, 3.05) is 0 Å². The van der Waals surface area contributed by atoms with E-state index < -0.39 is 64.6 Å². The maximum absolute atomic E-state index is 15.1. The Balaban J connectivity index is 1.36. The molecule has 4 aliphatic rings. The highest BCUT2D eigenvalue weighted by molar-refractivity contribution is 7.09. The average molecular weight is 710 g/mol. The van der Waals surface area contributed by atoms with Crippen LogP contribution in [0.3, 0.4) is 0 Å². The molecule has 6 atom stereocenters. The number of imide groups is 1. The minimum absolute atomic E-state index is 0.0263. The number of aromatic hydroxyl groups is 1. The number of hydrogen-bond donors (Lipinski definition) is 1. The minimum atomic E-state index is -5.05. The van der Waals surface area contributed by atoms with Crippen LogP contribution in [-0.2, 0) is 31.1 Å². The van der Waals surface area contributed by atoms with Crippen LogP contribution in [-0.4, -0.2) is 39.7 Å². The first kappa shape index (κ1) is 32.9. The second-order valence-electron chi connectivity index (χ2n) is 13.4. The third kappa shape index (κ3) is 5.24. The van der Waals surface area contributed by atoms with E-state index in [1.807, 2.05) is 17.5 Å². The Labute approximate surface area is 294 Å². The summed E-state index contributed by atoms with van der Waals surface area (Å²) in [6, 6.07) is 24.1. The molecule has 2 fully saturated rings. The molecule has 3 aliphatic carbocycles. The molecule has 11 heteroatoms. The quantitative estimate of drug-likeness (QED) is 0.166. The van der Waals surface area contributed by atoms with Crippen LogP contribution in [0.15, 0.2) is 114 Å². The Morgan fingerprint density at radius 1 is 0.882 bits per heavy atom. The zero-order valence-corrected chi connectivity index (χ0v) is 27.7. The lowest BCUT2D eigenvalue weighted by atomic mass is 9.44. The summed E-state index contributed by atoms with van der Waals surface area (Å²) in [4.78, 5) is 60.3. The number of likely N-dealkylation sites (tertiary alicyclic amines) is 1. The number of ether oxygens (including phenoxy) is 1. The number of amides is 2.